The molecule has 2 aliphatic rings. The summed E-state index contributed by atoms with van der Waals surface area (Å²) < 4.78 is 12.3. The summed E-state index contributed by atoms with van der Waals surface area (Å²) in [4.78, 5) is 0. The lowest BCUT2D eigenvalue weighted by Gasteiger charge is -2.40. The largest absolute Gasteiger partial charge is 0.454 e. The highest BCUT2D eigenvalue weighted by Crippen LogP contribution is 2.42. The molecular weight excluding hydrogens is 326 g/mol. The zero-order valence-corrected chi connectivity index (χ0v) is 13.4. The van der Waals surface area contributed by atoms with Crippen LogP contribution >= 0.6 is 27.7 Å². The maximum absolute atomic E-state index is 5.42. The van der Waals surface area contributed by atoms with E-state index in [0.717, 1.165) is 29.1 Å². The van der Waals surface area contributed by atoms with Crippen LogP contribution in [0, 0.1) is 0 Å². The lowest BCUT2D eigenvalue weighted by Crippen LogP contribution is -2.43. The van der Waals surface area contributed by atoms with E-state index in [1.807, 2.05) is 17.8 Å². The molecule has 1 heterocycles. The van der Waals surface area contributed by atoms with E-state index in [1.165, 1.54) is 24.8 Å². The van der Waals surface area contributed by atoms with Gasteiger partial charge in [0.25, 0.3) is 0 Å². The fourth-order valence-electron chi connectivity index (χ4n) is 2.54. The first-order valence-corrected chi connectivity index (χ1v) is 8.58. The number of fused-ring (bicyclic) bond motifs is 1. The molecule has 1 aromatic rings. The van der Waals surface area contributed by atoms with Crippen LogP contribution in [-0.2, 0) is 6.54 Å². The normalized spacial score (nSPS) is 19.3. The SMILES string of the molecule is CSC1(CNCc2cc3c(cc2Br)OCO3)CCC1. The third kappa shape index (κ3) is 2.73. The molecule has 0 spiro atoms. The Morgan fingerprint density at radius 3 is 2.68 bits per heavy atom. The second-order valence-electron chi connectivity index (χ2n) is 5.14. The van der Waals surface area contributed by atoms with Crippen molar-refractivity contribution in [1.29, 1.82) is 0 Å². The zero-order valence-electron chi connectivity index (χ0n) is 11.0. The molecule has 104 valence electrons. The van der Waals surface area contributed by atoms with E-state index in [0.29, 0.717) is 11.5 Å². The number of halogens is 1. The quantitative estimate of drug-likeness (QED) is 0.885. The second-order valence-corrected chi connectivity index (χ2v) is 7.27. The summed E-state index contributed by atoms with van der Waals surface area (Å²) in [5.74, 6) is 1.68. The first-order chi connectivity index (χ1) is 9.22. The molecule has 0 unspecified atom stereocenters. The van der Waals surface area contributed by atoms with Gasteiger partial charge in [0.2, 0.25) is 6.79 Å². The second kappa shape index (κ2) is 5.54. The van der Waals surface area contributed by atoms with Gasteiger partial charge in [-0.25, -0.2) is 0 Å². The van der Waals surface area contributed by atoms with Crippen molar-refractivity contribution in [2.45, 2.75) is 30.6 Å². The van der Waals surface area contributed by atoms with Crippen LogP contribution in [0.4, 0.5) is 0 Å². The lowest BCUT2D eigenvalue weighted by molar-refractivity contribution is 0.174. The van der Waals surface area contributed by atoms with Crippen molar-refractivity contribution in [1.82, 2.24) is 5.32 Å². The van der Waals surface area contributed by atoms with Gasteiger partial charge in [-0.15, -0.1) is 0 Å². The van der Waals surface area contributed by atoms with Gasteiger partial charge in [0.05, 0.1) is 0 Å². The molecule has 0 saturated heterocycles. The standard InChI is InChI=1S/C14H18BrNO2S/c1-19-14(3-2-4-14)8-16-7-10-5-12-13(6-11(10)15)18-9-17-12/h5-6,16H,2-4,7-9H2,1H3. The number of rotatable bonds is 5. The maximum atomic E-state index is 5.42. The van der Waals surface area contributed by atoms with Crippen LogP contribution in [0.3, 0.4) is 0 Å². The number of ether oxygens (including phenoxy) is 2. The van der Waals surface area contributed by atoms with E-state index in [9.17, 15) is 0 Å². The molecule has 1 fully saturated rings. The highest BCUT2D eigenvalue weighted by Gasteiger charge is 2.35. The predicted octanol–water partition coefficient (Wildman–Crippen LogP) is 3.55. The molecule has 0 radical (unpaired) electrons. The molecule has 0 amide bonds. The minimum Gasteiger partial charge on any atom is -0.454 e. The third-order valence-electron chi connectivity index (χ3n) is 4.00. The smallest absolute Gasteiger partial charge is 0.231 e. The van der Waals surface area contributed by atoms with Crippen LogP contribution in [0.5, 0.6) is 11.5 Å². The summed E-state index contributed by atoms with van der Waals surface area (Å²) in [5.41, 5.74) is 1.22. The highest BCUT2D eigenvalue weighted by molar-refractivity contribution is 9.10. The Bertz CT molecular complexity index is 471. The van der Waals surface area contributed by atoms with Gasteiger partial charge in [0, 0.05) is 22.3 Å². The van der Waals surface area contributed by atoms with Gasteiger partial charge < -0.3 is 14.8 Å². The molecular formula is C14H18BrNO2S. The molecule has 1 saturated carbocycles. The Morgan fingerprint density at radius 2 is 2.05 bits per heavy atom. The summed E-state index contributed by atoms with van der Waals surface area (Å²) in [7, 11) is 0. The molecule has 0 bridgehead atoms. The van der Waals surface area contributed by atoms with Gasteiger partial charge in [-0.2, -0.15) is 11.8 Å². The van der Waals surface area contributed by atoms with Crippen LogP contribution in [0.15, 0.2) is 16.6 Å². The molecule has 5 heteroatoms. The van der Waals surface area contributed by atoms with Crippen molar-refractivity contribution >= 4 is 27.7 Å². The lowest BCUT2D eigenvalue weighted by atomic mass is 9.84. The zero-order chi connectivity index (χ0) is 13.3. The van der Waals surface area contributed by atoms with E-state index in [1.54, 1.807) is 0 Å². The number of nitrogens with one attached hydrogen (secondary N) is 1. The Morgan fingerprint density at radius 1 is 1.32 bits per heavy atom. The minimum absolute atomic E-state index is 0.328. The Kier molecular flexibility index (Phi) is 3.96. The van der Waals surface area contributed by atoms with E-state index in [2.05, 4.69) is 33.6 Å². The molecule has 1 aliphatic heterocycles. The summed E-state index contributed by atoms with van der Waals surface area (Å²) in [5, 5.41) is 3.58. The number of benzene rings is 1. The molecule has 0 aromatic heterocycles. The van der Waals surface area contributed by atoms with Gasteiger partial charge in [-0.1, -0.05) is 22.4 Å². The van der Waals surface area contributed by atoms with E-state index >= 15 is 0 Å². The van der Waals surface area contributed by atoms with Crippen molar-refractivity contribution in [2.24, 2.45) is 0 Å². The van der Waals surface area contributed by atoms with Crippen LogP contribution in [0.25, 0.3) is 0 Å². The summed E-state index contributed by atoms with van der Waals surface area (Å²) in [6.45, 7) is 2.27. The topological polar surface area (TPSA) is 30.5 Å². The van der Waals surface area contributed by atoms with Crippen molar-refractivity contribution < 1.29 is 9.47 Å². The Balaban J connectivity index is 1.61. The van der Waals surface area contributed by atoms with Crippen LogP contribution in [0.2, 0.25) is 0 Å². The molecule has 1 aromatic carbocycles. The van der Waals surface area contributed by atoms with Crippen LogP contribution < -0.4 is 14.8 Å². The monoisotopic (exact) mass is 343 g/mol. The molecule has 0 atom stereocenters. The van der Waals surface area contributed by atoms with E-state index < -0.39 is 0 Å². The molecule has 19 heavy (non-hydrogen) atoms. The van der Waals surface area contributed by atoms with Gasteiger partial charge in [-0.05, 0) is 36.8 Å². The predicted molar refractivity (Wildman–Crippen MR) is 82.1 cm³/mol. The van der Waals surface area contributed by atoms with Gasteiger partial charge in [0.1, 0.15) is 0 Å². The Hall–Kier alpha value is -0.390. The van der Waals surface area contributed by atoms with Crippen molar-refractivity contribution in [3.05, 3.63) is 22.2 Å². The molecule has 3 rings (SSSR count). The van der Waals surface area contributed by atoms with Gasteiger partial charge in [-0.3, -0.25) is 0 Å². The maximum Gasteiger partial charge on any atom is 0.231 e. The van der Waals surface area contributed by atoms with Crippen molar-refractivity contribution in [3.63, 3.8) is 0 Å². The third-order valence-corrected chi connectivity index (χ3v) is 6.16. The molecule has 3 nitrogen and oxygen atoms in total. The number of thioether (sulfide) groups is 1. The Labute approximate surface area is 126 Å². The van der Waals surface area contributed by atoms with Gasteiger partial charge in [0.15, 0.2) is 11.5 Å². The molecule has 1 N–H and O–H groups in total. The fourth-order valence-corrected chi connectivity index (χ4v) is 3.95. The van der Waals surface area contributed by atoms with Gasteiger partial charge >= 0.3 is 0 Å². The van der Waals surface area contributed by atoms with Crippen molar-refractivity contribution in [3.8, 4) is 11.5 Å². The van der Waals surface area contributed by atoms with Crippen LogP contribution in [-0.4, -0.2) is 24.3 Å². The number of hydrogen-bond donors (Lipinski definition) is 1. The summed E-state index contributed by atoms with van der Waals surface area (Å²) >= 11 is 5.60. The first kappa shape index (κ1) is 13.6. The average molecular weight is 344 g/mol. The highest BCUT2D eigenvalue weighted by atomic mass is 79.9. The number of hydrogen-bond acceptors (Lipinski definition) is 4. The van der Waals surface area contributed by atoms with E-state index in [4.69, 9.17) is 9.47 Å². The first-order valence-electron chi connectivity index (χ1n) is 6.56. The molecule has 1 aliphatic carbocycles. The van der Waals surface area contributed by atoms with Crippen molar-refractivity contribution in [2.75, 3.05) is 19.6 Å². The van der Waals surface area contributed by atoms with E-state index in [-0.39, 0.29) is 0 Å². The van der Waals surface area contributed by atoms with Crippen LogP contribution in [0.1, 0.15) is 24.8 Å². The average Bonchev–Trinajstić information content (AvgIpc) is 2.79. The summed E-state index contributed by atoms with van der Waals surface area (Å²) in [6.07, 6.45) is 6.26. The minimum atomic E-state index is 0.328. The fraction of sp³-hybridized carbons (Fsp3) is 0.571. The summed E-state index contributed by atoms with van der Waals surface area (Å²) in [6, 6.07) is 4.05.